The number of amides is 1. The van der Waals surface area contributed by atoms with E-state index < -0.39 is 0 Å². The van der Waals surface area contributed by atoms with E-state index >= 15 is 0 Å². The number of aromatic nitrogens is 2. The fourth-order valence-corrected chi connectivity index (χ4v) is 3.47. The van der Waals surface area contributed by atoms with Gasteiger partial charge in [-0.15, -0.1) is 0 Å². The number of nitrogens with zero attached hydrogens (tertiary/aromatic N) is 4. The first-order chi connectivity index (χ1) is 12.7. The van der Waals surface area contributed by atoms with E-state index in [1.165, 1.54) is 6.07 Å². The summed E-state index contributed by atoms with van der Waals surface area (Å²) < 4.78 is 16.0. The molecular weight excluding hydrogens is 343 g/mol. The van der Waals surface area contributed by atoms with E-state index in [0.29, 0.717) is 37.6 Å². The highest BCUT2D eigenvalue weighted by molar-refractivity contribution is 5.92. The normalized spacial score (nSPS) is 15.5. The predicted molar refractivity (Wildman–Crippen MR) is 106 cm³/mol. The van der Waals surface area contributed by atoms with Crippen molar-refractivity contribution in [3.05, 3.63) is 47.5 Å². The van der Waals surface area contributed by atoms with Crippen LogP contribution in [0, 0.1) is 5.82 Å². The summed E-state index contributed by atoms with van der Waals surface area (Å²) in [7, 11) is 0. The Kier molecular flexibility index (Phi) is 5.27. The molecule has 0 spiro atoms. The summed E-state index contributed by atoms with van der Waals surface area (Å²) in [6, 6.07) is 8.70. The van der Waals surface area contributed by atoms with Crippen LogP contribution in [0.2, 0.25) is 0 Å². The van der Waals surface area contributed by atoms with E-state index in [2.05, 4.69) is 39.7 Å². The molecule has 2 aromatic rings. The number of hydrogen-bond donors (Lipinski definition) is 0. The summed E-state index contributed by atoms with van der Waals surface area (Å²) >= 11 is 0. The number of halogens is 1. The maximum Gasteiger partial charge on any atom is 0.274 e. The molecule has 2 heterocycles. The minimum absolute atomic E-state index is 0.0481. The molecule has 146 valence electrons. The Bertz CT molecular complexity index is 814. The minimum atomic E-state index is -0.220. The average molecular weight is 372 g/mol. The van der Waals surface area contributed by atoms with Gasteiger partial charge in [-0.1, -0.05) is 26.0 Å². The highest BCUT2D eigenvalue weighted by Crippen LogP contribution is 2.25. The lowest BCUT2D eigenvalue weighted by Gasteiger charge is -2.35. The second-order valence-corrected chi connectivity index (χ2v) is 8.42. The Morgan fingerprint density at radius 2 is 1.74 bits per heavy atom. The molecule has 6 heteroatoms. The van der Waals surface area contributed by atoms with E-state index in [1.807, 2.05) is 26.6 Å². The van der Waals surface area contributed by atoms with Crippen LogP contribution in [0.4, 0.5) is 10.1 Å². The van der Waals surface area contributed by atoms with Gasteiger partial charge in [-0.3, -0.25) is 9.48 Å². The maximum atomic E-state index is 14.0. The highest BCUT2D eigenvalue weighted by atomic mass is 19.1. The van der Waals surface area contributed by atoms with Gasteiger partial charge in [0.05, 0.1) is 11.2 Å². The van der Waals surface area contributed by atoms with Crippen LogP contribution >= 0.6 is 0 Å². The highest BCUT2D eigenvalue weighted by Gasteiger charge is 2.28. The number of piperazine rings is 1. The number of rotatable bonds is 3. The van der Waals surface area contributed by atoms with Gasteiger partial charge in [0.1, 0.15) is 5.82 Å². The zero-order valence-electron chi connectivity index (χ0n) is 16.9. The molecule has 1 amide bonds. The number of anilines is 1. The lowest BCUT2D eigenvalue weighted by atomic mass is 10.1. The van der Waals surface area contributed by atoms with Crippen molar-refractivity contribution in [3.63, 3.8) is 0 Å². The first-order valence-electron chi connectivity index (χ1n) is 9.57. The Morgan fingerprint density at radius 1 is 1.11 bits per heavy atom. The maximum absolute atomic E-state index is 14.0. The van der Waals surface area contributed by atoms with E-state index in [1.54, 1.807) is 12.1 Å². The number of hydrogen-bond acceptors (Lipinski definition) is 3. The van der Waals surface area contributed by atoms with Gasteiger partial charge in [0, 0.05) is 31.9 Å². The Labute approximate surface area is 160 Å². The minimum Gasteiger partial charge on any atom is -0.366 e. The lowest BCUT2D eigenvalue weighted by Crippen LogP contribution is -2.49. The first-order valence-corrected chi connectivity index (χ1v) is 9.57. The van der Waals surface area contributed by atoms with Crippen molar-refractivity contribution in [1.82, 2.24) is 14.7 Å². The Morgan fingerprint density at radius 3 is 2.26 bits per heavy atom. The third-order valence-electron chi connectivity index (χ3n) is 4.94. The standard InChI is InChI=1S/C21H29FN4O/c1-15(2)19-14-17(23-26(19)21(3,4)5)20(27)25-12-10-24(11-13-25)18-9-7-6-8-16(18)22/h6-9,14-15H,10-13H2,1-5H3. The zero-order valence-corrected chi connectivity index (χ0v) is 16.9. The van der Waals surface area contributed by atoms with Crippen molar-refractivity contribution < 1.29 is 9.18 Å². The number of benzene rings is 1. The monoisotopic (exact) mass is 372 g/mol. The van der Waals surface area contributed by atoms with Crippen molar-refractivity contribution in [2.45, 2.75) is 46.1 Å². The van der Waals surface area contributed by atoms with Gasteiger partial charge < -0.3 is 9.80 Å². The van der Waals surface area contributed by atoms with E-state index in [0.717, 1.165) is 5.69 Å². The molecule has 1 aliphatic heterocycles. The number of carbonyl (C=O) groups excluding carboxylic acids is 1. The molecule has 1 fully saturated rings. The molecular formula is C21H29FN4O. The molecule has 3 rings (SSSR count). The molecule has 0 bridgehead atoms. The summed E-state index contributed by atoms with van der Waals surface area (Å²) in [5.74, 6) is 0.0204. The van der Waals surface area contributed by atoms with Crippen LogP contribution < -0.4 is 4.90 Å². The van der Waals surface area contributed by atoms with Gasteiger partial charge in [-0.05, 0) is 44.9 Å². The Hall–Kier alpha value is -2.37. The van der Waals surface area contributed by atoms with Crippen molar-refractivity contribution in [3.8, 4) is 0 Å². The summed E-state index contributed by atoms with van der Waals surface area (Å²) in [5, 5.41) is 4.62. The summed E-state index contributed by atoms with van der Waals surface area (Å²) in [4.78, 5) is 16.8. The third-order valence-corrected chi connectivity index (χ3v) is 4.94. The number of para-hydroxylation sites is 1. The van der Waals surface area contributed by atoms with Crippen molar-refractivity contribution in [2.24, 2.45) is 0 Å². The van der Waals surface area contributed by atoms with Gasteiger partial charge in [0.15, 0.2) is 5.69 Å². The van der Waals surface area contributed by atoms with E-state index in [4.69, 9.17) is 0 Å². The van der Waals surface area contributed by atoms with Crippen LogP contribution in [-0.2, 0) is 5.54 Å². The van der Waals surface area contributed by atoms with Crippen LogP contribution in [0.1, 0.15) is 56.7 Å². The molecule has 1 aromatic heterocycles. The quantitative estimate of drug-likeness (QED) is 0.821. The molecule has 27 heavy (non-hydrogen) atoms. The summed E-state index contributed by atoms with van der Waals surface area (Å²) in [6.07, 6.45) is 0. The zero-order chi connectivity index (χ0) is 19.8. The largest absolute Gasteiger partial charge is 0.366 e. The van der Waals surface area contributed by atoms with Gasteiger partial charge in [0.25, 0.3) is 5.91 Å². The van der Waals surface area contributed by atoms with Crippen molar-refractivity contribution in [1.29, 1.82) is 0 Å². The smallest absolute Gasteiger partial charge is 0.274 e. The second-order valence-electron chi connectivity index (χ2n) is 8.42. The molecule has 0 saturated carbocycles. The van der Waals surface area contributed by atoms with Crippen LogP contribution in [0.15, 0.2) is 30.3 Å². The summed E-state index contributed by atoms with van der Waals surface area (Å²) in [6.45, 7) is 12.8. The molecule has 0 aliphatic carbocycles. The fraction of sp³-hybridized carbons (Fsp3) is 0.524. The lowest BCUT2D eigenvalue weighted by molar-refractivity contribution is 0.0739. The SMILES string of the molecule is CC(C)c1cc(C(=O)N2CCN(c3ccccc3F)CC2)nn1C(C)(C)C. The molecule has 0 radical (unpaired) electrons. The predicted octanol–water partition coefficient (Wildman–Crippen LogP) is 3.86. The fourth-order valence-electron chi connectivity index (χ4n) is 3.47. The van der Waals surface area contributed by atoms with Crippen LogP contribution in [0.25, 0.3) is 0 Å². The van der Waals surface area contributed by atoms with Crippen LogP contribution in [0.3, 0.4) is 0 Å². The molecule has 1 saturated heterocycles. The van der Waals surface area contributed by atoms with Crippen LogP contribution in [-0.4, -0.2) is 46.8 Å². The molecule has 1 aliphatic rings. The topological polar surface area (TPSA) is 41.4 Å². The second kappa shape index (κ2) is 7.33. The third kappa shape index (κ3) is 3.99. The van der Waals surface area contributed by atoms with Crippen molar-refractivity contribution >= 4 is 11.6 Å². The summed E-state index contributed by atoms with van der Waals surface area (Å²) in [5.41, 5.74) is 1.98. The molecule has 0 unspecified atom stereocenters. The van der Waals surface area contributed by atoms with Crippen molar-refractivity contribution in [2.75, 3.05) is 31.1 Å². The van der Waals surface area contributed by atoms with E-state index in [9.17, 15) is 9.18 Å². The molecule has 1 aromatic carbocycles. The van der Waals surface area contributed by atoms with Crippen LogP contribution in [0.5, 0.6) is 0 Å². The average Bonchev–Trinajstić information content (AvgIpc) is 3.08. The van der Waals surface area contributed by atoms with Gasteiger partial charge in [-0.25, -0.2) is 4.39 Å². The first kappa shape index (κ1) is 19.4. The Balaban J connectivity index is 1.74. The van der Waals surface area contributed by atoms with Gasteiger partial charge in [-0.2, -0.15) is 5.10 Å². The number of carbonyl (C=O) groups is 1. The molecule has 5 nitrogen and oxygen atoms in total. The van der Waals surface area contributed by atoms with E-state index in [-0.39, 0.29) is 23.2 Å². The molecule has 0 N–H and O–H groups in total. The van der Waals surface area contributed by atoms with Gasteiger partial charge in [0.2, 0.25) is 0 Å². The van der Waals surface area contributed by atoms with Gasteiger partial charge >= 0.3 is 0 Å². The molecule has 0 atom stereocenters.